The molecular formula is C22H24ClF3N2O5S. The van der Waals surface area contributed by atoms with E-state index in [1.807, 2.05) is 12.1 Å². The third-order valence-corrected chi connectivity index (χ3v) is 6.56. The number of nitrogens with one attached hydrogen (secondary N) is 2. The van der Waals surface area contributed by atoms with Crippen molar-refractivity contribution in [2.75, 3.05) is 11.3 Å². The molecule has 1 aliphatic carbocycles. The molecule has 7 nitrogen and oxygen atoms in total. The van der Waals surface area contributed by atoms with E-state index in [-0.39, 0.29) is 10.8 Å². The zero-order valence-electron chi connectivity index (χ0n) is 18.3. The topological polar surface area (TPSA) is 113 Å². The van der Waals surface area contributed by atoms with Crippen LogP contribution in [0.4, 0.5) is 18.9 Å². The molecule has 1 aliphatic rings. The molecule has 0 bridgehead atoms. The zero-order valence-corrected chi connectivity index (χ0v) is 19.9. The number of carboxylic acid groups (broad SMARTS) is 1. The summed E-state index contributed by atoms with van der Waals surface area (Å²) in [6, 6.07) is 13.0. The first-order chi connectivity index (χ1) is 15.7. The molecule has 0 spiro atoms. The Morgan fingerprint density at radius 2 is 1.56 bits per heavy atom. The number of alkyl halides is 3. The van der Waals surface area contributed by atoms with Crippen molar-refractivity contribution in [1.82, 2.24) is 5.32 Å². The summed E-state index contributed by atoms with van der Waals surface area (Å²) >= 11 is 5.81. The SMILES string of the molecule is CC(C)CNC(=O)C1(c2ccc(NS(=O)(=O)c3ccc(Cl)cc3)cc2)CC1.O=C(O)C(F)(F)F. The van der Waals surface area contributed by atoms with Crippen LogP contribution in [0, 0.1) is 5.92 Å². The Kier molecular flexibility index (Phi) is 8.59. The lowest BCUT2D eigenvalue weighted by Crippen LogP contribution is -2.36. The van der Waals surface area contributed by atoms with Gasteiger partial charge < -0.3 is 10.4 Å². The van der Waals surface area contributed by atoms with Crippen LogP contribution in [0.2, 0.25) is 5.02 Å². The van der Waals surface area contributed by atoms with E-state index >= 15 is 0 Å². The number of hydrogen-bond acceptors (Lipinski definition) is 4. The minimum atomic E-state index is -5.08. The predicted molar refractivity (Wildman–Crippen MR) is 121 cm³/mol. The molecule has 0 unspecified atom stereocenters. The maximum atomic E-state index is 12.5. The standard InChI is InChI=1S/C20H23ClN2O3S.C2HF3O2/c1-14(2)13-22-19(24)20(11-12-20)15-3-7-17(8-4-15)23-27(25,26)18-9-5-16(21)6-10-18;3-2(4,5)1(6)7/h3-10,14,23H,11-13H2,1-2H3,(H,22,24);(H,6,7). The number of hydrogen-bond donors (Lipinski definition) is 3. The molecule has 34 heavy (non-hydrogen) atoms. The molecule has 3 N–H and O–H groups in total. The summed E-state index contributed by atoms with van der Waals surface area (Å²) in [5.41, 5.74) is 0.896. The summed E-state index contributed by atoms with van der Waals surface area (Å²) in [6.45, 7) is 4.77. The predicted octanol–water partition coefficient (Wildman–Crippen LogP) is 4.58. The van der Waals surface area contributed by atoms with Gasteiger partial charge in [0.1, 0.15) is 0 Å². The molecule has 1 fully saturated rings. The number of aliphatic carboxylic acids is 1. The van der Waals surface area contributed by atoms with Gasteiger partial charge in [0, 0.05) is 17.3 Å². The van der Waals surface area contributed by atoms with E-state index in [0.717, 1.165) is 18.4 Å². The summed E-state index contributed by atoms with van der Waals surface area (Å²) in [5, 5.41) is 10.6. The molecule has 2 aromatic carbocycles. The molecule has 0 radical (unpaired) electrons. The van der Waals surface area contributed by atoms with Gasteiger partial charge in [-0.1, -0.05) is 37.6 Å². The maximum absolute atomic E-state index is 12.5. The van der Waals surface area contributed by atoms with Crippen LogP contribution >= 0.6 is 11.6 Å². The van der Waals surface area contributed by atoms with Gasteiger partial charge in [0.15, 0.2) is 0 Å². The molecule has 0 aliphatic heterocycles. The summed E-state index contributed by atoms with van der Waals surface area (Å²) < 4.78 is 59.2. The van der Waals surface area contributed by atoms with Gasteiger partial charge in [-0.2, -0.15) is 13.2 Å². The van der Waals surface area contributed by atoms with E-state index in [2.05, 4.69) is 23.9 Å². The number of carboxylic acids is 1. The van der Waals surface area contributed by atoms with E-state index < -0.39 is 27.6 Å². The number of halogens is 4. The normalized spacial score (nSPS) is 14.6. The first kappa shape index (κ1) is 27.5. The average Bonchev–Trinajstić information content (AvgIpc) is 3.54. The zero-order chi connectivity index (χ0) is 25.7. The van der Waals surface area contributed by atoms with Crippen molar-refractivity contribution < 1.29 is 36.3 Å². The maximum Gasteiger partial charge on any atom is 0.490 e. The highest BCUT2D eigenvalue weighted by Gasteiger charge is 2.51. The fourth-order valence-electron chi connectivity index (χ4n) is 2.92. The van der Waals surface area contributed by atoms with Crippen molar-refractivity contribution in [3.05, 3.63) is 59.1 Å². The monoisotopic (exact) mass is 520 g/mol. The Morgan fingerprint density at radius 1 is 1.06 bits per heavy atom. The molecule has 1 amide bonds. The molecule has 2 aromatic rings. The van der Waals surface area contributed by atoms with Crippen molar-refractivity contribution in [2.24, 2.45) is 5.92 Å². The number of sulfonamides is 1. The Hall–Kier alpha value is -2.79. The van der Waals surface area contributed by atoms with Crippen LogP contribution in [-0.4, -0.2) is 38.1 Å². The molecule has 186 valence electrons. The molecule has 0 saturated heterocycles. The van der Waals surface area contributed by atoms with Gasteiger partial charge in [0.25, 0.3) is 10.0 Å². The van der Waals surface area contributed by atoms with E-state index in [0.29, 0.717) is 23.2 Å². The summed E-state index contributed by atoms with van der Waals surface area (Å²) in [6.07, 6.45) is -3.46. The number of amides is 1. The highest BCUT2D eigenvalue weighted by molar-refractivity contribution is 7.92. The van der Waals surface area contributed by atoms with Crippen LogP contribution in [-0.2, 0) is 25.0 Å². The molecule has 3 rings (SSSR count). The highest BCUT2D eigenvalue weighted by atomic mass is 35.5. The van der Waals surface area contributed by atoms with Crippen LogP contribution < -0.4 is 10.0 Å². The van der Waals surface area contributed by atoms with Gasteiger partial charge in [0.2, 0.25) is 5.91 Å². The summed E-state index contributed by atoms with van der Waals surface area (Å²) in [7, 11) is -3.69. The van der Waals surface area contributed by atoms with Crippen molar-refractivity contribution in [3.8, 4) is 0 Å². The second-order valence-electron chi connectivity index (χ2n) is 8.13. The Balaban J connectivity index is 0.000000509. The van der Waals surface area contributed by atoms with Crippen molar-refractivity contribution in [2.45, 2.75) is 43.2 Å². The summed E-state index contributed by atoms with van der Waals surface area (Å²) in [4.78, 5) is 21.6. The number of carbonyl (C=O) groups is 2. The Morgan fingerprint density at radius 3 is 1.97 bits per heavy atom. The van der Waals surface area contributed by atoms with Gasteiger partial charge in [-0.25, -0.2) is 13.2 Å². The van der Waals surface area contributed by atoms with E-state index in [4.69, 9.17) is 21.5 Å². The molecule has 12 heteroatoms. The number of anilines is 1. The molecular weight excluding hydrogens is 497 g/mol. The van der Waals surface area contributed by atoms with Crippen molar-refractivity contribution in [3.63, 3.8) is 0 Å². The van der Waals surface area contributed by atoms with Crippen molar-refractivity contribution in [1.29, 1.82) is 0 Å². The van der Waals surface area contributed by atoms with E-state index in [9.17, 15) is 26.4 Å². The number of rotatable bonds is 7. The number of carbonyl (C=O) groups excluding carboxylic acids is 1. The van der Waals surface area contributed by atoms with Crippen LogP contribution in [0.25, 0.3) is 0 Å². The van der Waals surface area contributed by atoms with Gasteiger partial charge in [-0.3, -0.25) is 9.52 Å². The highest BCUT2D eigenvalue weighted by Crippen LogP contribution is 2.48. The number of benzene rings is 2. The second-order valence-corrected chi connectivity index (χ2v) is 10.2. The summed E-state index contributed by atoms with van der Waals surface area (Å²) in [5.74, 6) is -2.31. The van der Waals surface area contributed by atoms with Gasteiger partial charge in [0.05, 0.1) is 10.3 Å². The molecule has 0 aromatic heterocycles. The fraction of sp³-hybridized carbons (Fsp3) is 0.364. The Bertz CT molecular complexity index is 1110. The van der Waals surface area contributed by atoms with Crippen LogP contribution in [0.3, 0.4) is 0 Å². The van der Waals surface area contributed by atoms with Crippen molar-refractivity contribution >= 4 is 39.2 Å². The quantitative estimate of drug-likeness (QED) is 0.495. The van der Waals surface area contributed by atoms with Crippen LogP contribution in [0.1, 0.15) is 32.3 Å². The third kappa shape index (κ3) is 7.36. The van der Waals surface area contributed by atoms with E-state index in [1.54, 1.807) is 12.1 Å². The largest absolute Gasteiger partial charge is 0.490 e. The smallest absolute Gasteiger partial charge is 0.475 e. The minimum Gasteiger partial charge on any atom is -0.475 e. The lowest BCUT2D eigenvalue weighted by Gasteiger charge is -2.17. The minimum absolute atomic E-state index is 0.0469. The van der Waals surface area contributed by atoms with E-state index in [1.165, 1.54) is 24.3 Å². The van der Waals surface area contributed by atoms with Gasteiger partial charge in [-0.15, -0.1) is 0 Å². The average molecular weight is 521 g/mol. The first-order valence-electron chi connectivity index (χ1n) is 10.1. The second kappa shape index (κ2) is 10.6. The third-order valence-electron chi connectivity index (χ3n) is 4.91. The van der Waals surface area contributed by atoms with Gasteiger partial charge >= 0.3 is 12.1 Å². The lowest BCUT2D eigenvalue weighted by molar-refractivity contribution is -0.192. The fourth-order valence-corrected chi connectivity index (χ4v) is 4.11. The lowest BCUT2D eigenvalue weighted by atomic mass is 9.94. The Labute approximate surface area is 200 Å². The molecule has 0 heterocycles. The van der Waals surface area contributed by atoms with Crippen LogP contribution in [0.5, 0.6) is 0 Å². The van der Waals surface area contributed by atoms with Gasteiger partial charge in [-0.05, 0) is 60.7 Å². The van der Waals surface area contributed by atoms with Crippen LogP contribution in [0.15, 0.2) is 53.4 Å². The molecule has 1 saturated carbocycles. The first-order valence-corrected chi connectivity index (χ1v) is 12.0. The molecule has 0 atom stereocenters.